The van der Waals surface area contributed by atoms with Crippen molar-refractivity contribution in [2.75, 3.05) is 6.26 Å². The lowest BCUT2D eigenvalue weighted by molar-refractivity contribution is -0.121. The van der Waals surface area contributed by atoms with Gasteiger partial charge in [0, 0.05) is 5.39 Å². The first kappa shape index (κ1) is 22.4. The number of carbonyl (C=O) groups is 2. The van der Waals surface area contributed by atoms with Gasteiger partial charge in [-0.3, -0.25) is 9.59 Å². The second kappa shape index (κ2) is 8.27. The first-order valence-corrected chi connectivity index (χ1v) is 11.7. The number of nitriles is 1. The van der Waals surface area contributed by atoms with Crippen LogP contribution in [0.3, 0.4) is 0 Å². The van der Waals surface area contributed by atoms with Gasteiger partial charge in [0.1, 0.15) is 5.70 Å². The summed E-state index contributed by atoms with van der Waals surface area (Å²) in [6.07, 6.45) is 0.565. The number of fused-ring (bicyclic) bond motifs is 1. The number of hydrogen-bond acceptors (Lipinski definition) is 6. The van der Waals surface area contributed by atoms with Gasteiger partial charge in [-0.15, -0.1) is 0 Å². The quantitative estimate of drug-likeness (QED) is 0.607. The fourth-order valence-corrected chi connectivity index (χ4v) is 4.15. The summed E-state index contributed by atoms with van der Waals surface area (Å²) in [4.78, 5) is 24.7. The van der Waals surface area contributed by atoms with Crippen LogP contribution in [-0.2, 0) is 19.6 Å². The molecule has 1 heterocycles. The number of rotatable bonds is 4. The fourth-order valence-electron chi connectivity index (χ4n) is 3.46. The van der Waals surface area contributed by atoms with Crippen LogP contribution in [-0.4, -0.2) is 42.3 Å². The lowest BCUT2D eigenvalue weighted by Crippen LogP contribution is -2.37. The lowest BCUT2D eigenvalue weighted by atomic mass is 9.98. The van der Waals surface area contributed by atoms with Gasteiger partial charge < -0.3 is 0 Å². The molecule has 166 valence electrons. The van der Waals surface area contributed by atoms with E-state index in [2.05, 4.69) is 11.2 Å². The summed E-state index contributed by atoms with van der Waals surface area (Å²) in [5.74, 6) is -2.30. The number of aromatic nitrogens is 2. The highest BCUT2D eigenvalue weighted by molar-refractivity contribution is 7.89. The number of Topliss-reactive ketones (excluding diaryl/α,β-unsaturated/α-hetero) is 1. The predicted octanol–water partition coefficient (Wildman–Crippen LogP) is 2.99. The molecule has 0 spiro atoms. The van der Waals surface area contributed by atoms with Crippen LogP contribution in [0, 0.1) is 11.3 Å². The van der Waals surface area contributed by atoms with Crippen LogP contribution in [0.1, 0.15) is 5.56 Å². The number of ketones is 1. The largest absolute Gasteiger partial charge is 0.289 e. The zero-order valence-corrected chi connectivity index (χ0v) is 18.5. The monoisotopic (exact) mass is 484 g/mol. The molecule has 1 unspecified atom stereocenters. The van der Waals surface area contributed by atoms with Crippen molar-refractivity contribution in [1.82, 2.24) is 14.5 Å². The number of hydrogen-bond donors (Lipinski definition) is 1. The molecule has 1 aromatic heterocycles. The van der Waals surface area contributed by atoms with Gasteiger partial charge in [0.05, 0.1) is 29.0 Å². The van der Waals surface area contributed by atoms with E-state index < -0.39 is 33.5 Å². The van der Waals surface area contributed by atoms with Crippen molar-refractivity contribution in [2.24, 2.45) is 0 Å². The van der Waals surface area contributed by atoms with E-state index in [1.165, 1.54) is 6.08 Å². The van der Waals surface area contributed by atoms with Crippen LogP contribution in [0.2, 0.25) is 5.15 Å². The van der Waals surface area contributed by atoms with E-state index in [1.54, 1.807) is 47.2 Å². The van der Waals surface area contributed by atoms with Crippen molar-refractivity contribution in [3.05, 3.63) is 70.9 Å². The van der Waals surface area contributed by atoms with E-state index >= 15 is 0 Å². The van der Waals surface area contributed by atoms with Crippen molar-refractivity contribution in [3.8, 4) is 17.2 Å². The normalized spacial score (nSPS) is 16.2. The number of halogens is 2. The summed E-state index contributed by atoms with van der Waals surface area (Å²) in [5, 5.41) is 14.0. The Kier molecular flexibility index (Phi) is 5.61. The highest BCUT2D eigenvalue weighted by atomic mass is 35.5. The number of allylic oxidation sites excluding steroid dienone is 3. The van der Waals surface area contributed by atoms with E-state index in [1.807, 2.05) is 0 Å². The van der Waals surface area contributed by atoms with Gasteiger partial charge in [-0.05, 0) is 41.5 Å². The Morgan fingerprint density at radius 1 is 1.24 bits per heavy atom. The van der Waals surface area contributed by atoms with E-state index in [0.29, 0.717) is 27.6 Å². The number of nitrogens with zero attached hydrogens (tertiary/aromatic N) is 3. The first-order chi connectivity index (χ1) is 15.6. The topological polar surface area (TPSA) is 122 Å². The summed E-state index contributed by atoms with van der Waals surface area (Å²) in [6, 6.07) is 14.2. The summed E-state index contributed by atoms with van der Waals surface area (Å²) < 4.78 is 40.1. The molecule has 33 heavy (non-hydrogen) atoms. The number of amides is 1. The van der Waals surface area contributed by atoms with E-state index in [0.717, 1.165) is 17.0 Å². The average molecular weight is 485 g/mol. The Bertz CT molecular complexity index is 1550. The maximum absolute atomic E-state index is 14.8. The van der Waals surface area contributed by atoms with E-state index in [4.69, 9.17) is 11.6 Å². The number of sulfonamides is 1. The molecule has 0 saturated heterocycles. The Morgan fingerprint density at radius 2 is 1.97 bits per heavy atom. The standard InChI is InChI=1S/C22H14ClFN4O4S/c1-33(31,32)27-22(30)15-7-9-18(20(29)19(15)24)28-17-8-6-12(10-16(17)21(23)26-28)14-5-3-2-4-13(14)11-25/h2-10,19H,1H3,(H,27,30). The molecule has 0 fully saturated rings. The van der Waals surface area contributed by atoms with Crippen molar-refractivity contribution < 1.29 is 22.4 Å². The van der Waals surface area contributed by atoms with Crippen LogP contribution in [0.5, 0.6) is 0 Å². The van der Waals surface area contributed by atoms with Crippen LogP contribution >= 0.6 is 11.6 Å². The number of nitrogens with one attached hydrogen (secondary N) is 1. The van der Waals surface area contributed by atoms with Crippen LogP contribution in [0.25, 0.3) is 27.7 Å². The molecule has 0 aliphatic heterocycles. The van der Waals surface area contributed by atoms with Gasteiger partial charge in [0.2, 0.25) is 15.8 Å². The van der Waals surface area contributed by atoms with Crippen LogP contribution < -0.4 is 4.72 Å². The first-order valence-electron chi connectivity index (χ1n) is 9.41. The third-order valence-electron chi connectivity index (χ3n) is 4.94. The number of benzene rings is 2. The van der Waals surface area contributed by atoms with Crippen LogP contribution in [0.4, 0.5) is 4.39 Å². The Labute approximate surface area is 192 Å². The van der Waals surface area contributed by atoms with E-state index in [-0.39, 0.29) is 10.9 Å². The van der Waals surface area contributed by atoms with Gasteiger partial charge in [0.25, 0.3) is 5.91 Å². The molecule has 1 amide bonds. The van der Waals surface area contributed by atoms with Crippen molar-refractivity contribution in [2.45, 2.75) is 6.17 Å². The molecular weight excluding hydrogens is 471 g/mol. The molecule has 0 saturated carbocycles. The third-order valence-corrected chi connectivity index (χ3v) is 5.77. The second-order valence-electron chi connectivity index (χ2n) is 7.20. The Balaban J connectivity index is 1.79. The summed E-state index contributed by atoms with van der Waals surface area (Å²) >= 11 is 6.29. The molecule has 2 aromatic carbocycles. The molecule has 3 aromatic rings. The van der Waals surface area contributed by atoms with Crippen LogP contribution in [0.15, 0.2) is 60.2 Å². The third kappa shape index (κ3) is 4.16. The molecule has 8 nitrogen and oxygen atoms in total. The van der Waals surface area contributed by atoms with Gasteiger partial charge in [-0.2, -0.15) is 10.4 Å². The van der Waals surface area contributed by atoms with Gasteiger partial charge in [0.15, 0.2) is 11.3 Å². The molecule has 0 radical (unpaired) electrons. The second-order valence-corrected chi connectivity index (χ2v) is 9.30. The fraction of sp³-hybridized carbons (Fsp3) is 0.0909. The minimum atomic E-state index is -3.93. The lowest BCUT2D eigenvalue weighted by Gasteiger charge is -2.17. The maximum atomic E-state index is 14.8. The zero-order chi connectivity index (χ0) is 23.9. The smallest absolute Gasteiger partial charge is 0.264 e. The average Bonchev–Trinajstić information content (AvgIpc) is 3.10. The van der Waals surface area contributed by atoms with Crippen molar-refractivity contribution >= 4 is 49.9 Å². The van der Waals surface area contributed by atoms with Crippen molar-refractivity contribution in [3.63, 3.8) is 0 Å². The summed E-state index contributed by atoms with van der Waals surface area (Å²) in [7, 11) is -3.93. The highest BCUT2D eigenvalue weighted by Gasteiger charge is 2.35. The minimum Gasteiger partial charge on any atom is -0.289 e. The minimum absolute atomic E-state index is 0.0509. The summed E-state index contributed by atoms with van der Waals surface area (Å²) in [5.41, 5.74) is 1.45. The maximum Gasteiger partial charge on any atom is 0.264 e. The molecule has 1 aliphatic rings. The Hall–Kier alpha value is -3.81. The Morgan fingerprint density at radius 3 is 2.67 bits per heavy atom. The molecule has 11 heteroatoms. The number of carbonyl (C=O) groups excluding carboxylic acids is 2. The SMILES string of the molecule is CS(=O)(=O)NC(=O)C1=CC=C(n2nc(Cl)c3cc(-c4ccccc4C#N)ccc32)C(=O)C1F. The molecule has 0 bridgehead atoms. The van der Waals surface area contributed by atoms with Gasteiger partial charge in [-0.25, -0.2) is 22.2 Å². The zero-order valence-electron chi connectivity index (χ0n) is 16.9. The van der Waals surface area contributed by atoms with Crippen molar-refractivity contribution in [1.29, 1.82) is 5.26 Å². The molecule has 1 N–H and O–H groups in total. The highest BCUT2D eigenvalue weighted by Crippen LogP contribution is 2.33. The number of alkyl halides is 1. The predicted molar refractivity (Wildman–Crippen MR) is 120 cm³/mol. The molecule has 4 rings (SSSR count). The molecular formula is C22H14ClFN4O4S. The van der Waals surface area contributed by atoms with Gasteiger partial charge >= 0.3 is 0 Å². The summed E-state index contributed by atoms with van der Waals surface area (Å²) in [6.45, 7) is 0. The molecule has 1 atom stereocenters. The molecule has 1 aliphatic carbocycles. The van der Waals surface area contributed by atoms with Gasteiger partial charge in [-0.1, -0.05) is 35.9 Å². The van der Waals surface area contributed by atoms with E-state index in [9.17, 15) is 27.7 Å².